The van der Waals surface area contributed by atoms with Crippen molar-refractivity contribution in [2.75, 3.05) is 26.7 Å². The number of amides is 1. The van der Waals surface area contributed by atoms with E-state index in [4.69, 9.17) is 0 Å². The Hall–Kier alpha value is -1.10. The number of aliphatic carboxylic acids is 1. The lowest BCUT2D eigenvalue weighted by molar-refractivity contribution is -0.152. The summed E-state index contributed by atoms with van der Waals surface area (Å²) in [5.41, 5.74) is -0.541. The highest BCUT2D eigenvalue weighted by molar-refractivity contribution is 5.87. The third kappa shape index (κ3) is 4.20. The Balaban J connectivity index is 2.66. The molecule has 1 fully saturated rings. The minimum atomic E-state index is -0.883. The summed E-state index contributed by atoms with van der Waals surface area (Å²) in [4.78, 5) is 27.5. The quantitative estimate of drug-likeness (QED) is 0.774. The van der Waals surface area contributed by atoms with Crippen LogP contribution in [0, 0.1) is 5.41 Å². The van der Waals surface area contributed by atoms with Gasteiger partial charge in [0.05, 0.1) is 5.41 Å². The summed E-state index contributed by atoms with van der Waals surface area (Å²) >= 11 is 0. The van der Waals surface area contributed by atoms with Crippen LogP contribution in [-0.4, -0.2) is 59.5 Å². The van der Waals surface area contributed by atoms with Crippen molar-refractivity contribution in [3.05, 3.63) is 0 Å². The van der Waals surface area contributed by atoms with Crippen LogP contribution >= 0.6 is 0 Å². The van der Waals surface area contributed by atoms with Gasteiger partial charge in [0.15, 0.2) is 0 Å². The van der Waals surface area contributed by atoms with Crippen LogP contribution < -0.4 is 0 Å². The van der Waals surface area contributed by atoms with Gasteiger partial charge in [-0.15, -0.1) is 0 Å². The predicted molar refractivity (Wildman–Crippen MR) is 78.6 cm³/mol. The Morgan fingerprint density at radius 1 is 1.40 bits per heavy atom. The van der Waals surface area contributed by atoms with Crippen LogP contribution in [0.5, 0.6) is 0 Å². The molecule has 0 aromatic heterocycles. The van der Waals surface area contributed by atoms with Crippen molar-refractivity contribution < 1.29 is 14.7 Å². The summed E-state index contributed by atoms with van der Waals surface area (Å²) in [6.45, 7) is 8.16. The van der Waals surface area contributed by atoms with Crippen molar-refractivity contribution in [2.45, 2.75) is 52.5 Å². The maximum absolute atomic E-state index is 12.6. The van der Waals surface area contributed by atoms with Crippen molar-refractivity contribution in [1.82, 2.24) is 9.80 Å². The zero-order valence-electron chi connectivity index (χ0n) is 13.2. The molecule has 0 aliphatic carbocycles. The smallest absolute Gasteiger partial charge is 0.326 e. The van der Waals surface area contributed by atoms with Crippen LogP contribution in [0.1, 0.15) is 46.5 Å². The highest BCUT2D eigenvalue weighted by atomic mass is 16.4. The van der Waals surface area contributed by atoms with Gasteiger partial charge in [-0.25, -0.2) is 4.79 Å². The number of carboxylic acids is 1. The molecule has 1 aliphatic heterocycles. The third-order valence-electron chi connectivity index (χ3n) is 3.94. The van der Waals surface area contributed by atoms with Crippen LogP contribution in [-0.2, 0) is 9.59 Å². The summed E-state index contributed by atoms with van der Waals surface area (Å²) < 4.78 is 0. The Morgan fingerprint density at radius 2 is 2.05 bits per heavy atom. The molecule has 1 unspecified atom stereocenters. The largest absolute Gasteiger partial charge is 0.480 e. The molecule has 1 N–H and O–H groups in total. The third-order valence-corrected chi connectivity index (χ3v) is 3.94. The first-order valence-corrected chi connectivity index (χ1v) is 7.52. The Bertz CT molecular complexity index is 355. The van der Waals surface area contributed by atoms with E-state index in [1.165, 1.54) is 0 Å². The molecule has 0 saturated carbocycles. The van der Waals surface area contributed by atoms with Gasteiger partial charge in [-0.1, -0.05) is 13.3 Å². The highest BCUT2D eigenvalue weighted by Crippen LogP contribution is 2.26. The molecule has 0 bridgehead atoms. The molecule has 1 amide bonds. The molecule has 1 rings (SSSR count). The van der Waals surface area contributed by atoms with Gasteiger partial charge in [-0.2, -0.15) is 0 Å². The van der Waals surface area contributed by atoms with Gasteiger partial charge in [0.1, 0.15) is 6.04 Å². The Labute approximate surface area is 121 Å². The number of hydrogen-bond acceptors (Lipinski definition) is 3. The fraction of sp³-hybridized carbons (Fsp3) is 0.867. The second-order valence-electron chi connectivity index (χ2n) is 6.47. The first kappa shape index (κ1) is 17.0. The van der Waals surface area contributed by atoms with Crippen molar-refractivity contribution in [3.63, 3.8) is 0 Å². The van der Waals surface area contributed by atoms with Crippen LogP contribution in [0.15, 0.2) is 0 Å². The van der Waals surface area contributed by atoms with Crippen molar-refractivity contribution >= 4 is 11.9 Å². The molecule has 1 aliphatic rings. The second kappa shape index (κ2) is 7.07. The number of carbonyl (C=O) groups is 2. The highest BCUT2D eigenvalue weighted by Gasteiger charge is 2.40. The van der Waals surface area contributed by atoms with E-state index in [0.717, 1.165) is 25.8 Å². The Morgan fingerprint density at radius 3 is 2.60 bits per heavy atom. The van der Waals surface area contributed by atoms with Crippen LogP contribution in [0.3, 0.4) is 0 Å². The summed E-state index contributed by atoms with van der Waals surface area (Å²) in [7, 11) is 2.02. The number of likely N-dealkylation sites (tertiary alicyclic amines) is 1. The van der Waals surface area contributed by atoms with E-state index in [1.54, 1.807) is 4.90 Å². The number of carboxylic acid groups (broad SMARTS) is 1. The van der Waals surface area contributed by atoms with E-state index in [1.807, 2.05) is 20.9 Å². The second-order valence-corrected chi connectivity index (χ2v) is 6.47. The monoisotopic (exact) mass is 284 g/mol. The van der Waals surface area contributed by atoms with Crippen molar-refractivity contribution in [3.8, 4) is 0 Å². The maximum atomic E-state index is 12.6. The van der Waals surface area contributed by atoms with Crippen LogP contribution in [0.4, 0.5) is 0 Å². The number of rotatable bonds is 7. The normalized spacial score (nSPS) is 19.6. The molecular formula is C15H28N2O3. The van der Waals surface area contributed by atoms with E-state index in [9.17, 15) is 14.7 Å². The van der Waals surface area contributed by atoms with E-state index in [-0.39, 0.29) is 5.91 Å². The molecule has 1 atom stereocenters. The minimum Gasteiger partial charge on any atom is -0.480 e. The molecule has 20 heavy (non-hydrogen) atoms. The molecule has 0 spiro atoms. The standard InChI is InChI=1S/C15H28N2O3/c1-5-6-9-16(4)11-15(2,3)14(20)17-10-7-8-12(17)13(18)19/h12H,5-11H2,1-4H3,(H,18,19). The molecule has 5 heteroatoms. The minimum absolute atomic E-state index is 0.0363. The lowest BCUT2D eigenvalue weighted by atomic mass is 9.90. The lowest BCUT2D eigenvalue weighted by Crippen LogP contribution is -2.50. The zero-order valence-corrected chi connectivity index (χ0v) is 13.2. The average molecular weight is 284 g/mol. The van der Waals surface area contributed by atoms with Gasteiger partial charge >= 0.3 is 5.97 Å². The molecule has 0 aromatic rings. The summed E-state index contributed by atoms with van der Waals surface area (Å²) in [5.74, 6) is -0.920. The van der Waals surface area contributed by atoms with Gasteiger partial charge in [0.2, 0.25) is 5.91 Å². The Kier molecular flexibility index (Phi) is 5.99. The SMILES string of the molecule is CCCCN(C)CC(C)(C)C(=O)N1CCCC1C(=O)O. The van der Waals surface area contributed by atoms with Gasteiger partial charge in [0.25, 0.3) is 0 Å². The fourth-order valence-corrected chi connectivity index (χ4v) is 2.90. The fourth-order valence-electron chi connectivity index (χ4n) is 2.90. The lowest BCUT2D eigenvalue weighted by Gasteiger charge is -2.34. The van der Waals surface area contributed by atoms with Gasteiger partial charge in [-0.3, -0.25) is 4.79 Å². The number of hydrogen-bond donors (Lipinski definition) is 1. The molecule has 0 radical (unpaired) electrons. The van der Waals surface area contributed by atoms with Crippen LogP contribution in [0.2, 0.25) is 0 Å². The van der Waals surface area contributed by atoms with E-state index < -0.39 is 17.4 Å². The maximum Gasteiger partial charge on any atom is 0.326 e. The molecular weight excluding hydrogens is 256 g/mol. The summed E-state index contributed by atoms with van der Waals surface area (Å²) in [6.07, 6.45) is 3.60. The molecule has 1 heterocycles. The number of unbranched alkanes of at least 4 members (excludes halogenated alkanes) is 1. The topological polar surface area (TPSA) is 60.9 Å². The van der Waals surface area contributed by atoms with E-state index >= 15 is 0 Å². The average Bonchev–Trinajstić information content (AvgIpc) is 2.83. The first-order chi connectivity index (χ1) is 9.29. The zero-order chi connectivity index (χ0) is 15.3. The van der Waals surface area contributed by atoms with E-state index in [2.05, 4.69) is 11.8 Å². The van der Waals surface area contributed by atoms with Crippen LogP contribution in [0.25, 0.3) is 0 Å². The molecule has 5 nitrogen and oxygen atoms in total. The molecule has 0 aromatic carbocycles. The van der Waals surface area contributed by atoms with E-state index in [0.29, 0.717) is 19.5 Å². The molecule has 116 valence electrons. The van der Waals surface area contributed by atoms with Gasteiger partial charge in [0, 0.05) is 13.1 Å². The summed E-state index contributed by atoms with van der Waals surface area (Å²) in [6, 6.07) is -0.636. The molecule has 1 saturated heterocycles. The van der Waals surface area contributed by atoms with Gasteiger partial charge in [-0.05, 0) is 46.7 Å². The summed E-state index contributed by atoms with van der Waals surface area (Å²) in [5, 5.41) is 9.19. The number of nitrogens with zero attached hydrogens (tertiary/aromatic N) is 2. The van der Waals surface area contributed by atoms with Gasteiger partial charge < -0.3 is 14.9 Å². The first-order valence-electron chi connectivity index (χ1n) is 7.52. The van der Waals surface area contributed by atoms with Crippen molar-refractivity contribution in [1.29, 1.82) is 0 Å². The van der Waals surface area contributed by atoms with Crippen molar-refractivity contribution in [2.24, 2.45) is 5.41 Å². The number of carbonyl (C=O) groups excluding carboxylic acids is 1. The predicted octanol–water partition coefficient (Wildman–Crippen LogP) is 1.82.